The normalized spacial score (nSPS) is 14.2. The number of nitrogens with zero attached hydrogens (tertiary/aromatic N) is 4. The molecular formula is C28H27F2N7O2. The second-order valence-corrected chi connectivity index (χ2v) is 8.77. The molecule has 0 radical (unpaired) electrons. The van der Waals surface area contributed by atoms with Gasteiger partial charge < -0.3 is 26.1 Å². The number of carbonyl (C=O) groups excluding carboxylic acids is 1. The highest BCUT2D eigenvalue weighted by molar-refractivity contribution is 6.10. The van der Waals surface area contributed by atoms with Crippen molar-refractivity contribution in [3.05, 3.63) is 107 Å². The number of carbonyl (C=O) groups is 1. The summed E-state index contributed by atoms with van der Waals surface area (Å²) in [5, 5.41) is 6.74. The first-order valence-electron chi connectivity index (χ1n) is 12.0. The van der Waals surface area contributed by atoms with Gasteiger partial charge in [0.05, 0.1) is 35.3 Å². The average Bonchev–Trinajstić information content (AvgIpc) is 3.55. The summed E-state index contributed by atoms with van der Waals surface area (Å²) < 4.78 is 31.9. The van der Waals surface area contributed by atoms with Crippen LogP contribution in [-0.4, -0.2) is 34.2 Å². The van der Waals surface area contributed by atoms with Gasteiger partial charge in [0, 0.05) is 24.2 Å². The van der Waals surface area contributed by atoms with E-state index in [2.05, 4.69) is 25.4 Å². The number of nitrogens with one attached hydrogen (secondary N) is 1. The number of halogens is 2. The highest BCUT2D eigenvalue weighted by Gasteiger charge is 2.45. The maximum atomic E-state index is 13.8. The van der Waals surface area contributed by atoms with Crippen LogP contribution in [0.5, 0.6) is 0 Å². The third-order valence-corrected chi connectivity index (χ3v) is 6.14. The van der Waals surface area contributed by atoms with Gasteiger partial charge in [0.15, 0.2) is 11.6 Å². The summed E-state index contributed by atoms with van der Waals surface area (Å²) >= 11 is 0. The van der Waals surface area contributed by atoms with E-state index in [-0.39, 0.29) is 35.5 Å². The molecule has 0 saturated heterocycles. The molecule has 1 fully saturated rings. The number of rotatable bonds is 8. The summed E-state index contributed by atoms with van der Waals surface area (Å²) in [5.74, 6) is -0.0858. The molecule has 1 saturated carbocycles. The zero-order valence-corrected chi connectivity index (χ0v) is 21.1. The lowest BCUT2D eigenvalue weighted by molar-refractivity contribution is -0.109. The minimum Gasteiger partial charge on any atom is -0.396 e. The molecule has 2 aromatic carbocycles. The zero-order chi connectivity index (χ0) is 27.8. The van der Waals surface area contributed by atoms with Crippen LogP contribution in [0.25, 0.3) is 5.70 Å². The van der Waals surface area contributed by atoms with Crippen LogP contribution >= 0.6 is 0 Å². The first-order valence-corrected chi connectivity index (χ1v) is 12.0. The van der Waals surface area contributed by atoms with E-state index in [0.29, 0.717) is 28.2 Å². The van der Waals surface area contributed by atoms with E-state index in [4.69, 9.17) is 16.0 Å². The second kappa shape index (κ2) is 12.1. The van der Waals surface area contributed by atoms with Crippen LogP contribution < -0.4 is 16.8 Å². The predicted octanol–water partition coefficient (Wildman–Crippen LogP) is 4.27. The number of aromatic nitrogens is 3. The third-order valence-electron chi connectivity index (χ3n) is 6.14. The standard InChI is InChI=1S/C18H18FN7O.C10H9FO/c1-22-16-10-24-18(25-17(16)21)13(20)8-15(14-6-7-27-26-14)23-9-11-4-2-3-5-12(11)19;11-9-4-2-1-3-8(9)10(7-12)5-6-10/h2-8,10,22H,9,20H2,1H3,(H2,21,24,25);1-4,7H,5-6H2/b13-8-,23-15?;. The van der Waals surface area contributed by atoms with Crippen LogP contribution in [0.15, 0.2) is 82.6 Å². The van der Waals surface area contributed by atoms with Crippen molar-refractivity contribution < 1.29 is 18.1 Å². The van der Waals surface area contributed by atoms with Gasteiger partial charge in [-0.25, -0.2) is 18.7 Å². The number of aliphatic imine (C=N–C) groups is 1. The van der Waals surface area contributed by atoms with Crippen LogP contribution in [0.3, 0.4) is 0 Å². The van der Waals surface area contributed by atoms with Crippen molar-refractivity contribution in [1.82, 2.24) is 15.1 Å². The Hall–Kier alpha value is -4.93. The van der Waals surface area contributed by atoms with Crippen molar-refractivity contribution in [2.24, 2.45) is 10.7 Å². The molecule has 1 aliphatic carbocycles. The van der Waals surface area contributed by atoms with Gasteiger partial charge in [0.2, 0.25) is 0 Å². The Morgan fingerprint density at radius 1 is 1.13 bits per heavy atom. The molecule has 0 spiro atoms. The fraction of sp³-hybridized carbons (Fsp3) is 0.179. The number of allylic oxidation sites excluding steroid dienone is 1. The van der Waals surface area contributed by atoms with E-state index in [0.717, 1.165) is 19.1 Å². The largest absolute Gasteiger partial charge is 0.396 e. The molecule has 0 atom stereocenters. The molecule has 0 aliphatic heterocycles. The summed E-state index contributed by atoms with van der Waals surface area (Å²) in [7, 11) is 1.71. The molecule has 200 valence electrons. The van der Waals surface area contributed by atoms with Gasteiger partial charge in [-0.1, -0.05) is 41.6 Å². The second-order valence-electron chi connectivity index (χ2n) is 8.77. The van der Waals surface area contributed by atoms with E-state index in [9.17, 15) is 13.6 Å². The molecule has 0 unspecified atom stereocenters. The predicted molar refractivity (Wildman–Crippen MR) is 145 cm³/mol. The minimum atomic E-state index is -0.481. The van der Waals surface area contributed by atoms with Crippen molar-refractivity contribution in [2.75, 3.05) is 18.1 Å². The summed E-state index contributed by atoms with van der Waals surface area (Å²) in [6.45, 7) is 0.111. The smallest absolute Gasteiger partial charge is 0.177 e. The fourth-order valence-electron chi connectivity index (χ4n) is 3.73. The van der Waals surface area contributed by atoms with Crippen molar-refractivity contribution in [3.63, 3.8) is 0 Å². The minimum absolute atomic E-state index is 0.111. The van der Waals surface area contributed by atoms with E-state index >= 15 is 0 Å². The molecule has 4 aromatic rings. The Morgan fingerprint density at radius 3 is 2.44 bits per heavy atom. The number of benzene rings is 2. The molecule has 39 heavy (non-hydrogen) atoms. The lowest BCUT2D eigenvalue weighted by Gasteiger charge is -2.07. The number of nitrogen functional groups attached to an aromatic ring is 1. The third kappa shape index (κ3) is 6.50. The molecule has 1 aliphatic rings. The van der Waals surface area contributed by atoms with E-state index in [1.54, 1.807) is 55.6 Å². The van der Waals surface area contributed by atoms with Crippen molar-refractivity contribution in [2.45, 2.75) is 24.8 Å². The van der Waals surface area contributed by atoms with Crippen LogP contribution in [0.4, 0.5) is 20.3 Å². The number of hydrogen-bond acceptors (Lipinski definition) is 9. The van der Waals surface area contributed by atoms with Crippen LogP contribution in [0, 0.1) is 11.6 Å². The van der Waals surface area contributed by atoms with Crippen molar-refractivity contribution in [1.29, 1.82) is 0 Å². The molecule has 2 aromatic heterocycles. The van der Waals surface area contributed by atoms with Gasteiger partial charge in [-0.2, -0.15) is 0 Å². The molecule has 5 rings (SSSR count). The van der Waals surface area contributed by atoms with Crippen molar-refractivity contribution in [3.8, 4) is 0 Å². The average molecular weight is 532 g/mol. The van der Waals surface area contributed by atoms with E-state index in [1.165, 1.54) is 24.6 Å². The summed E-state index contributed by atoms with van der Waals surface area (Å²) in [4.78, 5) is 23.4. The molecule has 0 bridgehead atoms. The van der Waals surface area contributed by atoms with Gasteiger partial charge in [-0.3, -0.25) is 4.99 Å². The first-order chi connectivity index (χ1) is 18.9. The topological polar surface area (TPSA) is 145 Å². The van der Waals surface area contributed by atoms with E-state index in [1.807, 2.05) is 0 Å². The highest BCUT2D eigenvalue weighted by atomic mass is 19.1. The molecule has 0 amide bonds. The Bertz CT molecular complexity index is 1500. The molecule has 5 N–H and O–H groups in total. The summed E-state index contributed by atoms with van der Waals surface area (Å²) in [6, 6.07) is 14.5. The molecule has 2 heterocycles. The van der Waals surface area contributed by atoms with Gasteiger partial charge in [0.1, 0.15) is 29.9 Å². The quantitative estimate of drug-likeness (QED) is 0.226. The first kappa shape index (κ1) is 27.1. The Morgan fingerprint density at radius 2 is 1.85 bits per heavy atom. The lowest BCUT2D eigenvalue weighted by atomic mass is 9.97. The number of anilines is 2. The zero-order valence-electron chi connectivity index (χ0n) is 21.1. The molecule has 11 heteroatoms. The highest BCUT2D eigenvalue weighted by Crippen LogP contribution is 2.46. The number of hydrogen-bond donors (Lipinski definition) is 3. The van der Waals surface area contributed by atoms with Gasteiger partial charge >= 0.3 is 0 Å². The Balaban J connectivity index is 0.000000243. The summed E-state index contributed by atoms with van der Waals surface area (Å²) in [5.41, 5.74) is 14.2. The fourth-order valence-corrected chi connectivity index (χ4v) is 3.73. The maximum Gasteiger partial charge on any atom is 0.177 e. The molecular weight excluding hydrogens is 504 g/mol. The van der Waals surface area contributed by atoms with Gasteiger partial charge in [-0.15, -0.1) is 0 Å². The maximum absolute atomic E-state index is 13.8. The van der Waals surface area contributed by atoms with Gasteiger partial charge in [-0.05, 0) is 31.1 Å². The number of nitrogens with two attached hydrogens (primary N) is 2. The van der Waals surface area contributed by atoms with Crippen LogP contribution in [-0.2, 0) is 16.8 Å². The van der Waals surface area contributed by atoms with Crippen LogP contribution in [0.1, 0.15) is 35.5 Å². The van der Waals surface area contributed by atoms with Gasteiger partial charge in [0.25, 0.3) is 0 Å². The number of aldehydes is 1. The summed E-state index contributed by atoms with van der Waals surface area (Å²) in [6.07, 6.45) is 6.94. The monoisotopic (exact) mass is 531 g/mol. The molecule has 9 nitrogen and oxygen atoms in total. The van der Waals surface area contributed by atoms with E-state index < -0.39 is 5.41 Å². The lowest BCUT2D eigenvalue weighted by Crippen LogP contribution is -2.10. The Kier molecular flexibility index (Phi) is 8.40. The van der Waals surface area contributed by atoms with Crippen molar-refractivity contribution >= 4 is 29.2 Å². The SMILES string of the molecule is CNc1cnc(/C(N)=C/C(=NCc2ccccc2F)c2ccon2)nc1N.O=CC1(c2ccccc2F)CC1. The Labute approximate surface area is 223 Å². The van der Waals surface area contributed by atoms with Crippen LogP contribution in [0.2, 0.25) is 0 Å².